The molecule has 0 saturated carbocycles. The highest BCUT2D eigenvalue weighted by atomic mass is 16.1. The van der Waals surface area contributed by atoms with Crippen LogP contribution in [-0.2, 0) is 4.79 Å². The Hall–Kier alpha value is -2.14. The van der Waals surface area contributed by atoms with Crippen LogP contribution in [0.4, 0.5) is 5.69 Å². The van der Waals surface area contributed by atoms with Crippen molar-refractivity contribution in [2.75, 3.05) is 18.4 Å². The number of H-pyrrole nitrogens is 1. The predicted molar refractivity (Wildman–Crippen MR) is 75.8 cm³/mol. The number of benzene rings is 1. The third-order valence-electron chi connectivity index (χ3n) is 2.76. The number of carbonyl (C=O) groups excluding carboxylic acids is 1. The Morgan fingerprint density at radius 3 is 2.74 bits per heavy atom. The second-order valence-electron chi connectivity index (χ2n) is 4.19. The topological polar surface area (TPSA) is 69.8 Å². The molecule has 2 aromatic rings. The summed E-state index contributed by atoms with van der Waals surface area (Å²) in [5.74, 6) is 0.0234. The van der Waals surface area contributed by atoms with Crippen molar-refractivity contribution in [3.8, 4) is 11.3 Å². The van der Waals surface area contributed by atoms with Crippen LogP contribution in [0, 0.1) is 0 Å². The van der Waals surface area contributed by atoms with Gasteiger partial charge in [0.05, 0.1) is 18.2 Å². The third-order valence-corrected chi connectivity index (χ3v) is 2.76. The van der Waals surface area contributed by atoms with Gasteiger partial charge in [-0.3, -0.25) is 4.79 Å². The second-order valence-corrected chi connectivity index (χ2v) is 4.19. The largest absolute Gasteiger partial charge is 0.345 e. The summed E-state index contributed by atoms with van der Waals surface area (Å²) in [5, 5.41) is 5.99. The van der Waals surface area contributed by atoms with Gasteiger partial charge >= 0.3 is 0 Å². The number of nitrogens with zero attached hydrogens (tertiary/aromatic N) is 1. The molecular weight excluding hydrogens is 240 g/mol. The second kappa shape index (κ2) is 6.70. The van der Waals surface area contributed by atoms with Crippen molar-refractivity contribution in [2.24, 2.45) is 0 Å². The van der Waals surface area contributed by atoms with E-state index in [0.29, 0.717) is 13.0 Å². The molecule has 0 saturated heterocycles. The third kappa shape index (κ3) is 3.93. The molecular formula is C14H18N4O. The van der Waals surface area contributed by atoms with Crippen LogP contribution < -0.4 is 10.6 Å². The molecule has 1 heterocycles. The maximum atomic E-state index is 11.6. The van der Waals surface area contributed by atoms with E-state index in [1.54, 1.807) is 12.5 Å². The molecule has 3 N–H and O–H groups in total. The van der Waals surface area contributed by atoms with Gasteiger partial charge < -0.3 is 15.6 Å². The normalized spacial score (nSPS) is 10.4. The Morgan fingerprint density at radius 1 is 1.32 bits per heavy atom. The number of rotatable bonds is 6. The monoisotopic (exact) mass is 258 g/mol. The molecule has 0 radical (unpaired) electrons. The number of hydrogen-bond acceptors (Lipinski definition) is 3. The van der Waals surface area contributed by atoms with Crippen LogP contribution in [0.25, 0.3) is 11.3 Å². The van der Waals surface area contributed by atoms with Crippen molar-refractivity contribution in [2.45, 2.75) is 13.3 Å². The van der Waals surface area contributed by atoms with Gasteiger partial charge in [0.15, 0.2) is 0 Å². The quantitative estimate of drug-likeness (QED) is 0.694. The lowest BCUT2D eigenvalue weighted by atomic mass is 10.1. The SMILES string of the molecule is CCNCCC(=O)Nc1ccc(-c2cnc[nH]2)cc1. The zero-order valence-corrected chi connectivity index (χ0v) is 10.9. The van der Waals surface area contributed by atoms with Crippen LogP contribution in [0.3, 0.4) is 0 Å². The number of imidazole rings is 1. The van der Waals surface area contributed by atoms with Crippen molar-refractivity contribution in [3.05, 3.63) is 36.8 Å². The maximum Gasteiger partial charge on any atom is 0.225 e. The summed E-state index contributed by atoms with van der Waals surface area (Å²) in [6.07, 6.45) is 3.89. The van der Waals surface area contributed by atoms with E-state index < -0.39 is 0 Å². The highest BCUT2D eigenvalue weighted by molar-refractivity contribution is 5.91. The Bertz CT molecular complexity index is 505. The van der Waals surface area contributed by atoms with Gasteiger partial charge in [0.1, 0.15) is 0 Å². The van der Waals surface area contributed by atoms with E-state index in [0.717, 1.165) is 23.5 Å². The summed E-state index contributed by atoms with van der Waals surface area (Å²) in [6, 6.07) is 7.68. The first-order chi connectivity index (χ1) is 9.29. The Labute approximate surface area is 112 Å². The number of carbonyl (C=O) groups is 1. The fourth-order valence-corrected chi connectivity index (χ4v) is 1.75. The van der Waals surface area contributed by atoms with Gasteiger partial charge in [0.25, 0.3) is 0 Å². The number of nitrogens with one attached hydrogen (secondary N) is 3. The molecule has 0 spiro atoms. The lowest BCUT2D eigenvalue weighted by molar-refractivity contribution is -0.116. The van der Waals surface area contributed by atoms with E-state index in [9.17, 15) is 4.79 Å². The van der Waals surface area contributed by atoms with Gasteiger partial charge in [-0.15, -0.1) is 0 Å². The first-order valence-electron chi connectivity index (χ1n) is 6.39. The summed E-state index contributed by atoms with van der Waals surface area (Å²) in [4.78, 5) is 18.7. The summed E-state index contributed by atoms with van der Waals surface area (Å²) < 4.78 is 0. The molecule has 1 aromatic carbocycles. The lowest BCUT2D eigenvalue weighted by Gasteiger charge is -2.06. The fraction of sp³-hybridized carbons (Fsp3) is 0.286. The molecule has 0 aliphatic heterocycles. The van der Waals surface area contributed by atoms with Gasteiger partial charge in [0.2, 0.25) is 5.91 Å². The Balaban J connectivity index is 1.90. The molecule has 1 aromatic heterocycles. The van der Waals surface area contributed by atoms with Crippen LogP contribution >= 0.6 is 0 Å². The Kier molecular flexibility index (Phi) is 4.69. The van der Waals surface area contributed by atoms with E-state index in [4.69, 9.17) is 0 Å². The molecule has 5 heteroatoms. The summed E-state index contributed by atoms with van der Waals surface area (Å²) in [5.41, 5.74) is 2.82. The molecule has 0 aliphatic carbocycles. The minimum Gasteiger partial charge on any atom is -0.345 e. The highest BCUT2D eigenvalue weighted by Gasteiger charge is 2.03. The van der Waals surface area contributed by atoms with Crippen LogP contribution in [0.5, 0.6) is 0 Å². The highest BCUT2D eigenvalue weighted by Crippen LogP contribution is 2.18. The molecule has 19 heavy (non-hydrogen) atoms. The molecule has 0 bridgehead atoms. The molecule has 1 amide bonds. The van der Waals surface area contributed by atoms with Gasteiger partial charge in [-0.2, -0.15) is 0 Å². The van der Waals surface area contributed by atoms with Gasteiger partial charge in [0, 0.05) is 18.7 Å². The van der Waals surface area contributed by atoms with E-state index in [1.165, 1.54) is 0 Å². The van der Waals surface area contributed by atoms with Gasteiger partial charge in [-0.05, 0) is 24.2 Å². The summed E-state index contributed by atoms with van der Waals surface area (Å²) in [6.45, 7) is 3.60. The van der Waals surface area contributed by atoms with E-state index in [1.807, 2.05) is 31.2 Å². The van der Waals surface area contributed by atoms with Crippen molar-refractivity contribution in [1.82, 2.24) is 15.3 Å². The molecule has 0 atom stereocenters. The zero-order chi connectivity index (χ0) is 13.5. The van der Waals surface area contributed by atoms with E-state index in [2.05, 4.69) is 20.6 Å². The molecule has 0 unspecified atom stereocenters. The van der Waals surface area contributed by atoms with Crippen molar-refractivity contribution >= 4 is 11.6 Å². The molecule has 0 aliphatic rings. The van der Waals surface area contributed by atoms with Crippen LogP contribution in [0.2, 0.25) is 0 Å². The first-order valence-corrected chi connectivity index (χ1v) is 6.39. The van der Waals surface area contributed by atoms with E-state index in [-0.39, 0.29) is 5.91 Å². The Morgan fingerprint density at radius 2 is 2.11 bits per heavy atom. The van der Waals surface area contributed by atoms with Crippen molar-refractivity contribution in [1.29, 1.82) is 0 Å². The average molecular weight is 258 g/mol. The maximum absolute atomic E-state index is 11.6. The summed E-state index contributed by atoms with van der Waals surface area (Å²) in [7, 11) is 0. The molecule has 100 valence electrons. The average Bonchev–Trinajstić information content (AvgIpc) is 2.94. The number of amides is 1. The molecule has 2 rings (SSSR count). The first kappa shape index (κ1) is 13.3. The minimum atomic E-state index is 0.0234. The number of hydrogen-bond donors (Lipinski definition) is 3. The molecule has 0 fully saturated rings. The van der Waals surface area contributed by atoms with Crippen LogP contribution in [0.15, 0.2) is 36.8 Å². The predicted octanol–water partition coefficient (Wildman–Crippen LogP) is 2.01. The van der Waals surface area contributed by atoms with Gasteiger partial charge in [-0.25, -0.2) is 4.98 Å². The van der Waals surface area contributed by atoms with Gasteiger partial charge in [-0.1, -0.05) is 19.1 Å². The number of aromatic amines is 1. The zero-order valence-electron chi connectivity index (χ0n) is 10.9. The van der Waals surface area contributed by atoms with Crippen molar-refractivity contribution < 1.29 is 4.79 Å². The summed E-state index contributed by atoms with van der Waals surface area (Å²) >= 11 is 0. The fourth-order valence-electron chi connectivity index (χ4n) is 1.75. The number of aromatic nitrogens is 2. The minimum absolute atomic E-state index is 0.0234. The smallest absolute Gasteiger partial charge is 0.225 e. The van der Waals surface area contributed by atoms with Crippen molar-refractivity contribution in [3.63, 3.8) is 0 Å². The van der Waals surface area contributed by atoms with E-state index >= 15 is 0 Å². The van der Waals surface area contributed by atoms with Crippen LogP contribution in [0.1, 0.15) is 13.3 Å². The number of anilines is 1. The standard InChI is InChI=1S/C14H18N4O/c1-2-15-8-7-14(19)18-12-5-3-11(4-6-12)13-9-16-10-17-13/h3-6,9-10,15H,2,7-8H2,1H3,(H,16,17)(H,18,19). The van der Waals surface area contributed by atoms with Crippen LogP contribution in [-0.4, -0.2) is 29.0 Å². The lowest BCUT2D eigenvalue weighted by Crippen LogP contribution is -2.21. The molecule has 5 nitrogen and oxygen atoms in total.